The lowest BCUT2D eigenvalue weighted by Crippen LogP contribution is -2.27. The van der Waals surface area contributed by atoms with Crippen molar-refractivity contribution in [2.75, 3.05) is 12.9 Å². The highest BCUT2D eigenvalue weighted by atomic mass is 32.1. The molecule has 7 N–H and O–H groups in total. The fraction of sp³-hybridized carbons (Fsp3) is 0.462. The quantitative estimate of drug-likeness (QED) is 0.0288. The van der Waals surface area contributed by atoms with E-state index < -0.39 is 54.0 Å². The molecule has 0 spiro atoms. The van der Waals surface area contributed by atoms with Gasteiger partial charge in [0.1, 0.15) is 63.8 Å². The summed E-state index contributed by atoms with van der Waals surface area (Å²) in [5.41, 5.74) is 15.9. The van der Waals surface area contributed by atoms with Crippen LogP contribution < -0.4 is 16.8 Å². The van der Waals surface area contributed by atoms with Crippen molar-refractivity contribution in [1.82, 2.24) is 95.3 Å². The van der Waals surface area contributed by atoms with Crippen LogP contribution in [0.4, 0.5) is 0 Å². The van der Waals surface area contributed by atoms with Crippen LogP contribution in [0, 0.1) is 11.8 Å². The number of esters is 1. The second kappa shape index (κ2) is 26.4. The van der Waals surface area contributed by atoms with Crippen LogP contribution in [0.1, 0.15) is 161 Å². The Bertz CT molecular complexity index is 3360. The average molecular weight is 1130 g/mol. The van der Waals surface area contributed by atoms with Crippen molar-refractivity contribution >= 4 is 36.3 Å². The number of hydrogen-bond donors (Lipinski definition) is 6. The molecule has 0 aliphatic heterocycles. The van der Waals surface area contributed by atoms with E-state index in [1.165, 1.54) is 23.4 Å². The summed E-state index contributed by atoms with van der Waals surface area (Å²) < 4.78 is 14.6. The maximum absolute atomic E-state index is 12.8. The number of methoxy groups -OCH3 is 1. The highest BCUT2D eigenvalue weighted by molar-refractivity contribution is 7.80. The van der Waals surface area contributed by atoms with Crippen molar-refractivity contribution in [3.8, 4) is 11.5 Å². The van der Waals surface area contributed by atoms with Gasteiger partial charge in [-0.2, -0.15) is 12.6 Å². The molecule has 428 valence electrons. The van der Waals surface area contributed by atoms with Gasteiger partial charge in [0, 0.05) is 38.4 Å². The number of ether oxygens (including phenoxy) is 1. The van der Waals surface area contributed by atoms with Gasteiger partial charge in [-0.15, -0.1) is 30.6 Å². The van der Waals surface area contributed by atoms with Gasteiger partial charge in [-0.05, 0) is 72.9 Å². The Kier molecular flexibility index (Phi) is 19.0. The Morgan fingerprint density at radius 2 is 0.877 bits per heavy atom. The number of amides is 3. The molecule has 81 heavy (non-hydrogen) atoms. The average Bonchev–Trinajstić information content (AvgIpc) is 4.52. The Hall–Kier alpha value is -8.89. The van der Waals surface area contributed by atoms with E-state index in [1.807, 2.05) is 32.2 Å². The number of benzene rings is 2. The lowest BCUT2D eigenvalue weighted by Gasteiger charge is -2.18. The van der Waals surface area contributed by atoms with Crippen molar-refractivity contribution in [2.45, 2.75) is 128 Å². The number of nitrogens with zero attached hydrogens (tertiary/aromatic N) is 18. The molecule has 0 unspecified atom stereocenters. The predicted octanol–water partition coefficient (Wildman–Crippen LogP) is 3.52. The highest BCUT2D eigenvalue weighted by Gasteiger charge is 2.31. The lowest BCUT2D eigenvalue weighted by atomic mass is 10.0. The van der Waals surface area contributed by atoms with E-state index in [0.717, 1.165) is 11.1 Å². The molecule has 28 nitrogen and oxygen atoms in total. The Balaban J connectivity index is 1.10. The fourth-order valence-corrected chi connectivity index (χ4v) is 9.88. The minimum Gasteiger partial charge on any atom is -0.508 e. The van der Waals surface area contributed by atoms with Crippen LogP contribution in [0.5, 0.6) is 11.5 Å². The Morgan fingerprint density at radius 1 is 0.531 bits per heavy atom. The van der Waals surface area contributed by atoms with Crippen LogP contribution in [0.25, 0.3) is 0 Å². The molecule has 0 saturated carbocycles. The van der Waals surface area contributed by atoms with Gasteiger partial charge in [-0.3, -0.25) is 14.4 Å². The molecule has 0 bridgehead atoms. The monoisotopic (exact) mass is 1130 g/mol. The van der Waals surface area contributed by atoms with Crippen LogP contribution in [0.3, 0.4) is 0 Å². The maximum atomic E-state index is 12.8. The zero-order chi connectivity index (χ0) is 57.9. The number of carbonyl (C=O) groups excluding carboxylic acids is 4. The second-order valence-corrected chi connectivity index (χ2v) is 21.2. The van der Waals surface area contributed by atoms with Gasteiger partial charge in [-0.1, -0.05) is 83.2 Å². The van der Waals surface area contributed by atoms with Crippen molar-refractivity contribution < 1.29 is 34.1 Å². The molecule has 6 aromatic heterocycles. The first-order valence-corrected chi connectivity index (χ1v) is 27.1. The van der Waals surface area contributed by atoms with Crippen LogP contribution in [0.15, 0.2) is 85.7 Å². The minimum absolute atomic E-state index is 0.0346. The van der Waals surface area contributed by atoms with Crippen LogP contribution in [-0.4, -0.2) is 137 Å². The minimum atomic E-state index is -0.747. The molecule has 0 aliphatic carbocycles. The predicted molar refractivity (Wildman–Crippen MR) is 292 cm³/mol. The number of carbonyl (C=O) groups is 4. The first-order chi connectivity index (χ1) is 38.8. The lowest BCUT2D eigenvalue weighted by molar-refractivity contribution is -0.145. The highest BCUT2D eigenvalue weighted by Crippen LogP contribution is 2.31. The molecular weight excluding hydrogens is 1060 g/mol. The molecule has 8 aromatic rings. The van der Waals surface area contributed by atoms with E-state index >= 15 is 0 Å². The molecule has 0 radical (unpaired) electrons. The molecule has 0 saturated heterocycles. The van der Waals surface area contributed by atoms with E-state index in [9.17, 15) is 29.4 Å². The summed E-state index contributed by atoms with van der Waals surface area (Å²) in [6.45, 7) is 9.55. The van der Waals surface area contributed by atoms with Crippen LogP contribution >= 0.6 is 12.6 Å². The molecule has 8 rings (SSSR count). The Morgan fingerprint density at radius 3 is 1.26 bits per heavy atom. The number of thiol groups is 1. The molecule has 2 aromatic carbocycles. The SMILES string of the molecule is COC(=O)[C@H](CC(C)C)n1cc([C@@H](CCC(N)=O)n2cc([C@H](CCC(N)=O)n3cc([C@H](Cc4ccc(O)cc4)n4cc([C@@H](CS)n5cc([C@H](Cc6ccc(O)cc6)n6cc([C@@H](CC(C)C)NC(C)=O)nn6)nn5)nn4)nn3)nn2)nn1. The first kappa shape index (κ1) is 58.3. The molecule has 6 heterocycles. The number of phenols is 2. The number of aromatic nitrogens is 18. The largest absolute Gasteiger partial charge is 0.508 e. The standard InChI is InChI=1S/C52H67N21O7S/c1-30(2)19-37(55-32(5)74)38-23-70(62-56-38)46(21-33-7-11-35(75)12-8-33)42-27-73(67-60-42)49(29-81)43-28-71(65-61-43)47(22-34-9-13-36(76)14-10-34)41-26-69(64-59-41)44(15-17-50(53)77)39-24-68(63-57-39)45(16-18-51(54)78)40-25-72(66-58-40)48(20-31(3)4)52(79)80-6/h7-14,23-28,30-31,37,44-49,75-76,81H,15-22,29H2,1-6H3,(H2,53,77)(H2,54,78)(H,55,74)/t37-,44+,45-,46+,47+,48+,49-/m1/s1. The summed E-state index contributed by atoms with van der Waals surface area (Å²) >= 11 is 4.75. The molecule has 3 amide bonds. The summed E-state index contributed by atoms with van der Waals surface area (Å²) in [5.74, 6) is -0.935. The van der Waals surface area contributed by atoms with E-state index in [2.05, 4.69) is 81.0 Å². The summed E-state index contributed by atoms with van der Waals surface area (Å²) in [4.78, 5) is 49.5. The van der Waals surface area contributed by atoms with Crippen molar-refractivity contribution in [3.63, 3.8) is 0 Å². The molecular formula is C52H67N21O7S. The summed E-state index contributed by atoms with van der Waals surface area (Å²) in [6.07, 6.45) is 12.4. The number of primary amides is 2. The third-order valence-electron chi connectivity index (χ3n) is 13.6. The van der Waals surface area contributed by atoms with Gasteiger partial charge in [0.25, 0.3) is 0 Å². The maximum Gasteiger partial charge on any atom is 0.330 e. The summed E-state index contributed by atoms with van der Waals surface area (Å²) in [5, 5.41) is 77.6. The van der Waals surface area contributed by atoms with Gasteiger partial charge in [0.2, 0.25) is 17.7 Å². The molecule has 0 aliphatic rings. The number of phenolic OH excluding ortho intramolecular Hbond substituents is 2. The van der Waals surface area contributed by atoms with Gasteiger partial charge in [-0.25, -0.2) is 32.9 Å². The van der Waals surface area contributed by atoms with Gasteiger partial charge < -0.3 is 31.7 Å². The number of nitrogens with two attached hydrogens (primary N) is 2. The number of aromatic hydroxyl groups is 2. The third-order valence-corrected chi connectivity index (χ3v) is 14.0. The zero-order valence-electron chi connectivity index (χ0n) is 45.7. The van der Waals surface area contributed by atoms with Crippen molar-refractivity contribution in [3.05, 3.63) is 131 Å². The van der Waals surface area contributed by atoms with Gasteiger partial charge >= 0.3 is 5.97 Å². The van der Waals surface area contributed by atoms with Gasteiger partial charge in [0.15, 0.2) is 6.04 Å². The van der Waals surface area contributed by atoms with Gasteiger partial charge in [0.05, 0.1) is 62.4 Å². The number of hydrogen-bond acceptors (Lipinski definition) is 20. The van der Waals surface area contributed by atoms with E-state index in [1.54, 1.807) is 86.1 Å². The summed E-state index contributed by atoms with van der Waals surface area (Å²) in [7, 11) is 1.31. The smallest absolute Gasteiger partial charge is 0.330 e. The van der Waals surface area contributed by atoms with E-state index in [4.69, 9.17) is 28.8 Å². The second-order valence-electron chi connectivity index (χ2n) is 20.8. The number of nitrogens with one attached hydrogen (secondary N) is 1. The normalized spacial score (nSPS) is 14.3. The van der Waals surface area contributed by atoms with Crippen LogP contribution in [-0.2, 0) is 36.8 Å². The fourth-order valence-electron chi connectivity index (χ4n) is 9.52. The van der Waals surface area contributed by atoms with E-state index in [-0.39, 0.29) is 66.7 Å². The van der Waals surface area contributed by atoms with Crippen molar-refractivity contribution in [2.24, 2.45) is 23.3 Å². The third kappa shape index (κ3) is 14.9. The number of rotatable bonds is 29. The Labute approximate surface area is 471 Å². The zero-order valence-corrected chi connectivity index (χ0v) is 46.6. The molecule has 29 heteroatoms. The molecule has 0 fully saturated rings. The van der Waals surface area contributed by atoms with Crippen LogP contribution in [0.2, 0.25) is 0 Å². The summed E-state index contributed by atoms with van der Waals surface area (Å²) in [6, 6.07) is 9.34. The first-order valence-electron chi connectivity index (χ1n) is 26.4. The van der Waals surface area contributed by atoms with Crippen molar-refractivity contribution in [1.29, 1.82) is 0 Å². The molecule has 7 atom stereocenters. The topological polar surface area (TPSA) is 366 Å². The van der Waals surface area contributed by atoms with E-state index in [0.29, 0.717) is 59.8 Å².